The highest BCUT2D eigenvalue weighted by molar-refractivity contribution is 14.1. The number of likely N-dealkylation sites (tertiary alicyclic amines) is 1. The summed E-state index contributed by atoms with van der Waals surface area (Å²) in [6.45, 7) is 4.73. The first-order valence-electron chi connectivity index (χ1n) is 6.27. The zero-order chi connectivity index (χ0) is 13.3. The first-order valence-corrected chi connectivity index (χ1v) is 7.35. The molecule has 2 atom stereocenters. The molecule has 3 N–H and O–H groups in total. The number of amides is 1. The number of imidazole rings is 1. The van der Waals surface area contributed by atoms with Crippen LogP contribution in [-0.4, -0.2) is 33.4 Å². The average Bonchev–Trinajstić information content (AvgIpc) is 2.94. The lowest BCUT2D eigenvalue weighted by Gasteiger charge is -2.27. The van der Waals surface area contributed by atoms with Crippen LogP contribution in [0.5, 0.6) is 0 Å². The maximum atomic E-state index is 12.3. The summed E-state index contributed by atoms with van der Waals surface area (Å²) in [5.74, 6) is 1.08. The standard InChI is InChI=1S/C12H19IN4O/c1-7(2)10(14)12(18)17-5-3-4-8(17)11-15-6-9(13)16-11/h6-8,10H,3-5,14H2,1-2H3,(H,15,16)/t8-,10-/m0/s1. The van der Waals surface area contributed by atoms with Crippen LogP contribution in [0, 0.1) is 9.62 Å². The van der Waals surface area contributed by atoms with E-state index in [1.165, 1.54) is 0 Å². The highest BCUT2D eigenvalue weighted by Gasteiger charge is 2.34. The molecule has 0 bridgehead atoms. The quantitative estimate of drug-likeness (QED) is 0.804. The van der Waals surface area contributed by atoms with Crippen molar-refractivity contribution in [2.75, 3.05) is 6.54 Å². The summed E-state index contributed by atoms with van der Waals surface area (Å²) in [5.41, 5.74) is 5.96. The fraction of sp³-hybridized carbons (Fsp3) is 0.667. The predicted molar refractivity (Wildman–Crippen MR) is 77.8 cm³/mol. The number of hydrogen-bond donors (Lipinski definition) is 2. The van der Waals surface area contributed by atoms with Crippen LogP contribution < -0.4 is 5.73 Å². The molecule has 18 heavy (non-hydrogen) atoms. The lowest BCUT2D eigenvalue weighted by atomic mass is 10.0. The van der Waals surface area contributed by atoms with Gasteiger partial charge in [0.2, 0.25) is 5.91 Å². The van der Waals surface area contributed by atoms with Crippen LogP contribution in [-0.2, 0) is 4.79 Å². The van der Waals surface area contributed by atoms with Crippen molar-refractivity contribution in [1.82, 2.24) is 14.9 Å². The van der Waals surface area contributed by atoms with E-state index in [9.17, 15) is 4.79 Å². The smallest absolute Gasteiger partial charge is 0.240 e. The monoisotopic (exact) mass is 362 g/mol. The maximum absolute atomic E-state index is 12.3. The van der Waals surface area contributed by atoms with Crippen LogP contribution in [0.25, 0.3) is 0 Å². The fourth-order valence-electron chi connectivity index (χ4n) is 2.27. The molecule has 1 aliphatic heterocycles. The second kappa shape index (κ2) is 5.56. The Morgan fingerprint density at radius 1 is 1.67 bits per heavy atom. The van der Waals surface area contributed by atoms with E-state index in [4.69, 9.17) is 5.73 Å². The third-order valence-corrected chi connectivity index (χ3v) is 3.97. The van der Waals surface area contributed by atoms with Crippen molar-refractivity contribution in [2.24, 2.45) is 11.7 Å². The van der Waals surface area contributed by atoms with Gasteiger partial charge in [-0.15, -0.1) is 0 Å². The summed E-state index contributed by atoms with van der Waals surface area (Å²) in [6.07, 6.45) is 3.76. The van der Waals surface area contributed by atoms with Gasteiger partial charge in [-0.3, -0.25) is 4.79 Å². The Hall–Kier alpha value is -0.630. The first-order chi connectivity index (χ1) is 8.50. The van der Waals surface area contributed by atoms with Gasteiger partial charge in [-0.2, -0.15) is 0 Å². The van der Waals surface area contributed by atoms with E-state index in [0.29, 0.717) is 0 Å². The largest absolute Gasteiger partial charge is 0.336 e. The maximum Gasteiger partial charge on any atom is 0.240 e. The van der Waals surface area contributed by atoms with E-state index in [-0.39, 0.29) is 17.9 Å². The molecular weight excluding hydrogens is 343 g/mol. The van der Waals surface area contributed by atoms with Crippen molar-refractivity contribution < 1.29 is 4.79 Å². The predicted octanol–water partition coefficient (Wildman–Crippen LogP) is 1.66. The number of carbonyl (C=O) groups excluding carboxylic acids is 1. The van der Waals surface area contributed by atoms with Gasteiger partial charge in [0.25, 0.3) is 0 Å². The van der Waals surface area contributed by atoms with Crippen molar-refractivity contribution in [3.63, 3.8) is 0 Å². The average molecular weight is 362 g/mol. The van der Waals surface area contributed by atoms with Crippen molar-refractivity contribution in [3.8, 4) is 0 Å². The number of nitrogens with zero attached hydrogens (tertiary/aromatic N) is 2. The second-order valence-corrected chi connectivity index (χ2v) is 6.24. The van der Waals surface area contributed by atoms with Gasteiger partial charge < -0.3 is 15.6 Å². The van der Waals surface area contributed by atoms with E-state index in [2.05, 4.69) is 32.6 Å². The summed E-state index contributed by atoms with van der Waals surface area (Å²) in [4.78, 5) is 21.8. The van der Waals surface area contributed by atoms with Gasteiger partial charge in [-0.1, -0.05) is 13.8 Å². The fourth-order valence-corrected chi connectivity index (χ4v) is 2.69. The molecule has 1 aromatic rings. The number of halogens is 1. The molecular formula is C12H19IN4O. The van der Waals surface area contributed by atoms with Gasteiger partial charge in [0, 0.05) is 6.54 Å². The molecule has 100 valence electrons. The molecule has 5 nitrogen and oxygen atoms in total. The van der Waals surface area contributed by atoms with Gasteiger partial charge in [-0.05, 0) is 41.4 Å². The van der Waals surface area contributed by atoms with Crippen LogP contribution in [0.4, 0.5) is 0 Å². The van der Waals surface area contributed by atoms with E-state index in [0.717, 1.165) is 28.9 Å². The normalized spacial score (nSPS) is 21.6. The first kappa shape index (κ1) is 13.8. The molecule has 1 aromatic heterocycles. The van der Waals surface area contributed by atoms with E-state index in [1.54, 1.807) is 6.20 Å². The summed E-state index contributed by atoms with van der Waals surface area (Å²) in [6, 6.07) is -0.356. The Morgan fingerprint density at radius 3 is 2.94 bits per heavy atom. The molecule has 2 heterocycles. The van der Waals surface area contributed by atoms with Gasteiger partial charge in [-0.25, -0.2) is 4.98 Å². The lowest BCUT2D eigenvalue weighted by Crippen LogP contribution is -2.46. The number of carbonyl (C=O) groups is 1. The summed E-state index contributed by atoms with van der Waals surface area (Å²) >= 11 is 2.19. The molecule has 0 unspecified atom stereocenters. The molecule has 6 heteroatoms. The molecule has 0 spiro atoms. The van der Waals surface area contributed by atoms with E-state index in [1.807, 2.05) is 18.7 Å². The number of aromatic amines is 1. The molecule has 0 aromatic carbocycles. The Labute approximate surface area is 121 Å². The van der Waals surface area contributed by atoms with Crippen LogP contribution in [0.1, 0.15) is 38.6 Å². The SMILES string of the molecule is CC(C)[C@H](N)C(=O)N1CCC[C@H]1c1ncc(I)[nH]1. The van der Waals surface area contributed by atoms with Crippen LogP contribution in [0.2, 0.25) is 0 Å². The number of nitrogens with one attached hydrogen (secondary N) is 1. The topological polar surface area (TPSA) is 75.0 Å². The highest BCUT2D eigenvalue weighted by Crippen LogP contribution is 2.31. The molecule has 1 saturated heterocycles. The third-order valence-electron chi connectivity index (χ3n) is 3.42. The molecule has 1 amide bonds. The zero-order valence-electron chi connectivity index (χ0n) is 10.7. The zero-order valence-corrected chi connectivity index (χ0v) is 12.8. The minimum atomic E-state index is -0.417. The number of rotatable bonds is 3. The van der Waals surface area contributed by atoms with Gasteiger partial charge in [0.1, 0.15) is 5.82 Å². The number of hydrogen-bond acceptors (Lipinski definition) is 3. The highest BCUT2D eigenvalue weighted by atomic mass is 127. The Kier molecular flexibility index (Phi) is 4.26. The van der Waals surface area contributed by atoms with E-state index < -0.39 is 6.04 Å². The molecule has 0 saturated carbocycles. The van der Waals surface area contributed by atoms with Crippen molar-refractivity contribution in [3.05, 3.63) is 15.7 Å². The van der Waals surface area contributed by atoms with Crippen molar-refractivity contribution >= 4 is 28.5 Å². The van der Waals surface area contributed by atoms with Gasteiger partial charge in [0.05, 0.1) is 22.0 Å². The summed E-state index contributed by atoms with van der Waals surface area (Å²) in [7, 11) is 0. The molecule has 0 aliphatic carbocycles. The van der Waals surface area contributed by atoms with Gasteiger partial charge >= 0.3 is 0 Å². The van der Waals surface area contributed by atoms with Crippen molar-refractivity contribution in [2.45, 2.75) is 38.8 Å². The van der Waals surface area contributed by atoms with Crippen molar-refractivity contribution in [1.29, 1.82) is 0 Å². The second-order valence-electron chi connectivity index (χ2n) is 5.08. The molecule has 1 aliphatic rings. The summed E-state index contributed by atoms with van der Waals surface area (Å²) < 4.78 is 0.995. The number of aromatic nitrogens is 2. The minimum Gasteiger partial charge on any atom is -0.336 e. The van der Waals surface area contributed by atoms with Crippen LogP contribution >= 0.6 is 22.6 Å². The summed E-state index contributed by atoms with van der Waals surface area (Å²) in [5, 5.41) is 0. The Balaban J connectivity index is 2.15. The number of H-pyrrole nitrogens is 1. The van der Waals surface area contributed by atoms with Crippen LogP contribution in [0.15, 0.2) is 6.20 Å². The molecule has 1 fully saturated rings. The Bertz CT molecular complexity index is 431. The number of nitrogens with two attached hydrogens (primary N) is 1. The third kappa shape index (κ3) is 2.69. The lowest BCUT2D eigenvalue weighted by molar-refractivity contribution is -0.134. The Morgan fingerprint density at radius 2 is 2.39 bits per heavy atom. The van der Waals surface area contributed by atoms with Gasteiger partial charge in [0.15, 0.2) is 0 Å². The minimum absolute atomic E-state index is 0.0407. The van der Waals surface area contributed by atoms with Crippen LogP contribution in [0.3, 0.4) is 0 Å². The van der Waals surface area contributed by atoms with E-state index >= 15 is 0 Å². The molecule has 2 rings (SSSR count). The molecule has 0 radical (unpaired) electrons.